The third-order valence-electron chi connectivity index (χ3n) is 3.50. The smallest absolute Gasteiger partial charge is 0.189 e. The minimum atomic E-state index is 0.625. The molecule has 0 radical (unpaired) electrons. The van der Waals surface area contributed by atoms with E-state index in [-0.39, 0.29) is 0 Å². The highest BCUT2D eigenvalue weighted by molar-refractivity contribution is 7.98. The Morgan fingerprint density at radius 2 is 2.22 bits per heavy atom. The first kappa shape index (κ1) is 13.6. The first-order chi connectivity index (χ1) is 8.70. The maximum atomic E-state index is 4.61. The lowest BCUT2D eigenvalue weighted by molar-refractivity contribution is 0.285. The van der Waals surface area contributed by atoms with Crippen LogP contribution in [-0.2, 0) is 0 Å². The number of rotatable bonds is 3. The fourth-order valence-corrected chi connectivity index (χ4v) is 2.71. The Hall–Kier alpha value is -0.810. The van der Waals surface area contributed by atoms with E-state index in [2.05, 4.69) is 33.9 Å². The highest BCUT2D eigenvalue weighted by Crippen LogP contribution is 2.20. The molecule has 100 valence electrons. The number of thioether (sulfide) groups is 1. The van der Waals surface area contributed by atoms with Gasteiger partial charge in [0.25, 0.3) is 0 Å². The van der Waals surface area contributed by atoms with Gasteiger partial charge < -0.3 is 9.80 Å². The molecule has 1 aromatic heterocycles. The third-order valence-corrected chi connectivity index (χ3v) is 4.06. The van der Waals surface area contributed by atoms with Crippen LogP contribution in [0, 0.1) is 0 Å². The normalized spacial score (nSPS) is 21.1. The molecule has 0 aromatic carbocycles. The average molecular weight is 266 g/mol. The van der Waals surface area contributed by atoms with Crippen LogP contribution in [0.15, 0.2) is 17.4 Å². The van der Waals surface area contributed by atoms with Crippen molar-refractivity contribution in [3.8, 4) is 0 Å². The first-order valence-corrected chi connectivity index (χ1v) is 7.71. The standard InChI is InChI=1S/C13H22N4S/c1-16(2)11-6-4-5-9-17(10-11)12-7-8-14-13(15-12)18-3/h7-8,11H,4-6,9-10H2,1-3H3. The van der Waals surface area contributed by atoms with E-state index in [0.717, 1.165) is 24.1 Å². The lowest BCUT2D eigenvalue weighted by atomic mass is 10.1. The first-order valence-electron chi connectivity index (χ1n) is 6.49. The highest BCUT2D eigenvalue weighted by atomic mass is 32.2. The molecule has 0 amide bonds. The van der Waals surface area contributed by atoms with E-state index in [1.807, 2.05) is 18.5 Å². The van der Waals surface area contributed by atoms with Crippen molar-refractivity contribution in [3.63, 3.8) is 0 Å². The van der Waals surface area contributed by atoms with E-state index in [0.29, 0.717) is 6.04 Å². The molecule has 0 N–H and O–H groups in total. The predicted molar refractivity (Wildman–Crippen MR) is 77.4 cm³/mol. The van der Waals surface area contributed by atoms with Gasteiger partial charge in [-0.05, 0) is 39.3 Å². The van der Waals surface area contributed by atoms with Gasteiger partial charge in [-0.1, -0.05) is 18.2 Å². The van der Waals surface area contributed by atoms with Crippen molar-refractivity contribution in [2.24, 2.45) is 0 Å². The molecule has 0 saturated carbocycles. The van der Waals surface area contributed by atoms with Gasteiger partial charge in [0.05, 0.1) is 0 Å². The summed E-state index contributed by atoms with van der Waals surface area (Å²) >= 11 is 1.60. The Labute approximate surface area is 114 Å². The molecule has 1 aromatic rings. The maximum Gasteiger partial charge on any atom is 0.189 e. The Balaban J connectivity index is 2.14. The van der Waals surface area contributed by atoms with Gasteiger partial charge in [-0.15, -0.1) is 0 Å². The molecule has 2 rings (SSSR count). The number of anilines is 1. The Morgan fingerprint density at radius 3 is 2.94 bits per heavy atom. The fourth-order valence-electron chi connectivity index (χ4n) is 2.36. The summed E-state index contributed by atoms with van der Waals surface area (Å²) in [5.41, 5.74) is 0. The average Bonchev–Trinajstić information content (AvgIpc) is 2.64. The maximum absolute atomic E-state index is 4.61. The molecule has 1 atom stereocenters. The molecule has 1 fully saturated rings. The van der Waals surface area contributed by atoms with E-state index in [1.54, 1.807) is 11.8 Å². The van der Waals surface area contributed by atoms with Crippen LogP contribution < -0.4 is 4.90 Å². The van der Waals surface area contributed by atoms with Crippen LogP contribution in [0.4, 0.5) is 5.82 Å². The highest BCUT2D eigenvalue weighted by Gasteiger charge is 2.20. The molecule has 1 unspecified atom stereocenters. The van der Waals surface area contributed by atoms with Gasteiger partial charge in [-0.2, -0.15) is 0 Å². The van der Waals surface area contributed by atoms with Gasteiger partial charge in [0.15, 0.2) is 5.16 Å². The van der Waals surface area contributed by atoms with Crippen LogP contribution in [0.2, 0.25) is 0 Å². The second-order valence-corrected chi connectivity index (χ2v) is 5.73. The minimum absolute atomic E-state index is 0.625. The molecule has 0 bridgehead atoms. The monoisotopic (exact) mass is 266 g/mol. The summed E-state index contributed by atoms with van der Waals surface area (Å²) in [5, 5.41) is 0.859. The SMILES string of the molecule is CSc1nccc(N2CCCCC(N(C)C)C2)n1. The van der Waals surface area contributed by atoms with Gasteiger partial charge in [0.1, 0.15) is 5.82 Å². The van der Waals surface area contributed by atoms with Crippen LogP contribution in [0.1, 0.15) is 19.3 Å². The quantitative estimate of drug-likeness (QED) is 0.618. The zero-order valence-corrected chi connectivity index (χ0v) is 12.3. The number of hydrogen-bond acceptors (Lipinski definition) is 5. The number of hydrogen-bond donors (Lipinski definition) is 0. The van der Waals surface area contributed by atoms with Crippen LogP contribution >= 0.6 is 11.8 Å². The summed E-state index contributed by atoms with van der Waals surface area (Å²) < 4.78 is 0. The molecule has 4 nitrogen and oxygen atoms in total. The summed E-state index contributed by atoms with van der Waals surface area (Å²) in [6.45, 7) is 2.17. The topological polar surface area (TPSA) is 32.3 Å². The third kappa shape index (κ3) is 3.36. The molecule has 5 heteroatoms. The molecule has 1 aliphatic rings. The van der Waals surface area contributed by atoms with E-state index < -0.39 is 0 Å². The molecular formula is C13H22N4S. The molecule has 0 aliphatic carbocycles. The summed E-state index contributed by atoms with van der Waals surface area (Å²) in [7, 11) is 4.34. The van der Waals surface area contributed by atoms with Crippen LogP contribution in [-0.4, -0.2) is 54.4 Å². The summed E-state index contributed by atoms with van der Waals surface area (Å²) in [6, 6.07) is 2.65. The van der Waals surface area contributed by atoms with E-state index >= 15 is 0 Å². The second kappa shape index (κ2) is 6.38. The number of nitrogens with zero attached hydrogens (tertiary/aromatic N) is 4. The fraction of sp³-hybridized carbons (Fsp3) is 0.692. The second-order valence-electron chi connectivity index (χ2n) is 4.96. The van der Waals surface area contributed by atoms with Crippen LogP contribution in [0.5, 0.6) is 0 Å². The molecule has 1 saturated heterocycles. The molecule has 0 spiro atoms. The Bertz CT molecular complexity index is 383. The van der Waals surface area contributed by atoms with Crippen molar-refractivity contribution in [3.05, 3.63) is 12.3 Å². The lowest BCUT2D eigenvalue weighted by Crippen LogP contribution is -2.39. The molecule has 18 heavy (non-hydrogen) atoms. The van der Waals surface area contributed by atoms with Gasteiger partial charge in [0.2, 0.25) is 0 Å². The predicted octanol–water partition coefficient (Wildman–Crippen LogP) is 2.12. The van der Waals surface area contributed by atoms with Crippen LogP contribution in [0.3, 0.4) is 0 Å². The Morgan fingerprint density at radius 1 is 1.39 bits per heavy atom. The zero-order chi connectivity index (χ0) is 13.0. The number of likely N-dealkylation sites (N-methyl/N-ethyl adjacent to an activating group) is 1. The van der Waals surface area contributed by atoms with Crippen molar-refractivity contribution in [2.75, 3.05) is 38.3 Å². The van der Waals surface area contributed by atoms with Crippen molar-refractivity contribution < 1.29 is 0 Å². The molecule has 2 heterocycles. The van der Waals surface area contributed by atoms with Crippen molar-refractivity contribution >= 4 is 17.6 Å². The van der Waals surface area contributed by atoms with E-state index in [1.165, 1.54) is 19.3 Å². The lowest BCUT2D eigenvalue weighted by Gasteiger charge is -2.29. The minimum Gasteiger partial charge on any atom is -0.355 e. The van der Waals surface area contributed by atoms with Gasteiger partial charge in [-0.25, -0.2) is 9.97 Å². The molecule has 1 aliphatic heterocycles. The van der Waals surface area contributed by atoms with Gasteiger partial charge >= 0.3 is 0 Å². The summed E-state index contributed by atoms with van der Waals surface area (Å²) in [4.78, 5) is 13.6. The number of aromatic nitrogens is 2. The van der Waals surface area contributed by atoms with E-state index in [4.69, 9.17) is 0 Å². The van der Waals surface area contributed by atoms with Gasteiger partial charge in [0, 0.05) is 25.3 Å². The van der Waals surface area contributed by atoms with E-state index in [9.17, 15) is 0 Å². The Kier molecular flexibility index (Phi) is 4.83. The van der Waals surface area contributed by atoms with Crippen molar-refractivity contribution in [1.29, 1.82) is 0 Å². The summed E-state index contributed by atoms with van der Waals surface area (Å²) in [6.07, 6.45) is 7.72. The largest absolute Gasteiger partial charge is 0.355 e. The molecular weight excluding hydrogens is 244 g/mol. The zero-order valence-electron chi connectivity index (χ0n) is 11.5. The summed E-state index contributed by atoms with van der Waals surface area (Å²) in [5.74, 6) is 1.07. The van der Waals surface area contributed by atoms with Gasteiger partial charge in [-0.3, -0.25) is 0 Å². The van der Waals surface area contributed by atoms with Crippen molar-refractivity contribution in [2.45, 2.75) is 30.5 Å². The van der Waals surface area contributed by atoms with Crippen LogP contribution in [0.25, 0.3) is 0 Å². The van der Waals surface area contributed by atoms with Crippen molar-refractivity contribution in [1.82, 2.24) is 14.9 Å².